The van der Waals surface area contributed by atoms with Crippen LogP contribution in [0, 0.1) is 0 Å². The first-order valence-corrected chi connectivity index (χ1v) is 6.93. The molecule has 0 bridgehead atoms. The van der Waals surface area contributed by atoms with Crippen LogP contribution in [0.2, 0.25) is 0 Å². The summed E-state index contributed by atoms with van der Waals surface area (Å²) in [6, 6.07) is 14.3. The standard InChI is InChI=1S/C17H16N2O3/c1-19-14-6-4-3-5-13(14)15(17(19)21)16(20)18-11-7-9-12(22-2)10-8-11/h3-10,15H,1-2H3,(H,18,20)/t15-/m1/s1. The molecular formula is C17H16N2O3. The van der Waals surface area contributed by atoms with E-state index < -0.39 is 5.92 Å². The molecule has 0 radical (unpaired) electrons. The van der Waals surface area contributed by atoms with Gasteiger partial charge in [-0.25, -0.2) is 0 Å². The summed E-state index contributed by atoms with van der Waals surface area (Å²) in [6.07, 6.45) is 0. The number of nitrogens with zero attached hydrogens (tertiary/aromatic N) is 1. The Hall–Kier alpha value is -2.82. The maximum atomic E-state index is 12.5. The second kappa shape index (κ2) is 5.52. The lowest BCUT2D eigenvalue weighted by molar-refractivity contribution is -0.126. The third-order valence-corrected chi connectivity index (χ3v) is 3.81. The second-order valence-corrected chi connectivity index (χ2v) is 5.11. The molecule has 0 saturated heterocycles. The molecule has 1 aliphatic heterocycles. The number of carbonyl (C=O) groups is 2. The number of carbonyl (C=O) groups excluding carboxylic acids is 2. The fourth-order valence-corrected chi connectivity index (χ4v) is 2.62. The average Bonchev–Trinajstić information content (AvgIpc) is 2.80. The van der Waals surface area contributed by atoms with E-state index in [1.165, 1.54) is 4.90 Å². The van der Waals surface area contributed by atoms with Gasteiger partial charge >= 0.3 is 0 Å². The Kier molecular flexibility index (Phi) is 3.55. The Morgan fingerprint density at radius 1 is 1.14 bits per heavy atom. The molecule has 2 aromatic rings. The first-order valence-electron chi connectivity index (χ1n) is 6.93. The fraction of sp³-hybridized carbons (Fsp3) is 0.176. The molecule has 2 aromatic carbocycles. The number of anilines is 2. The number of rotatable bonds is 3. The minimum Gasteiger partial charge on any atom is -0.497 e. The van der Waals surface area contributed by atoms with Crippen LogP contribution in [0.1, 0.15) is 11.5 Å². The predicted molar refractivity (Wildman–Crippen MR) is 84.2 cm³/mol. The Balaban J connectivity index is 1.84. The normalized spacial score (nSPS) is 16.4. The van der Waals surface area contributed by atoms with E-state index >= 15 is 0 Å². The minimum atomic E-state index is -0.802. The van der Waals surface area contributed by atoms with Crippen LogP contribution >= 0.6 is 0 Å². The van der Waals surface area contributed by atoms with Crippen LogP contribution in [0.3, 0.4) is 0 Å². The summed E-state index contributed by atoms with van der Waals surface area (Å²) in [6.45, 7) is 0. The van der Waals surface area contributed by atoms with Gasteiger partial charge in [0.25, 0.3) is 0 Å². The number of amides is 2. The van der Waals surface area contributed by atoms with E-state index in [4.69, 9.17) is 4.74 Å². The number of nitrogens with one attached hydrogen (secondary N) is 1. The van der Waals surface area contributed by atoms with Gasteiger partial charge in [0, 0.05) is 18.4 Å². The lowest BCUT2D eigenvalue weighted by Crippen LogP contribution is -2.31. The maximum absolute atomic E-state index is 12.5. The quantitative estimate of drug-likeness (QED) is 0.885. The number of ether oxygens (including phenoxy) is 1. The molecule has 0 aromatic heterocycles. The molecule has 0 spiro atoms. The van der Waals surface area contributed by atoms with E-state index in [2.05, 4.69) is 5.32 Å². The first kappa shape index (κ1) is 14.1. The molecule has 5 nitrogen and oxygen atoms in total. The molecule has 22 heavy (non-hydrogen) atoms. The van der Waals surface area contributed by atoms with Gasteiger partial charge in [0.2, 0.25) is 11.8 Å². The third-order valence-electron chi connectivity index (χ3n) is 3.81. The Morgan fingerprint density at radius 2 is 1.82 bits per heavy atom. The molecule has 0 unspecified atom stereocenters. The lowest BCUT2D eigenvalue weighted by atomic mass is 10.00. The highest BCUT2D eigenvalue weighted by molar-refractivity contribution is 6.20. The van der Waals surface area contributed by atoms with Crippen LogP contribution in [-0.4, -0.2) is 26.0 Å². The summed E-state index contributed by atoms with van der Waals surface area (Å²) in [7, 11) is 3.26. The second-order valence-electron chi connectivity index (χ2n) is 5.11. The molecule has 0 saturated carbocycles. The van der Waals surface area contributed by atoms with E-state index in [1.807, 2.05) is 24.3 Å². The number of para-hydroxylation sites is 1. The molecular weight excluding hydrogens is 280 g/mol. The SMILES string of the molecule is COc1ccc(NC(=O)[C@@H]2C(=O)N(C)c3ccccc32)cc1. The Morgan fingerprint density at radius 3 is 2.50 bits per heavy atom. The summed E-state index contributed by atoms with van der Waals surface area (Å²) in [5, 5.41) is 2.79. The van der Waals surface area contributed by atoms with Gasteiger partial charge in [0.05, 0.1) is 7.11 Å². The molecule has 1 N–H and O–H groups in total. The Bertz CT molecular complexity index is 725. The highest BCUT2D eigenvalue weighted by atomic mass is 16.5. The van der Waals surface area contributed by atoms with Gasteiger partial charge in [-0.2, -0.15) is 0 Å². The number of fused-ring (bicyclic) bond motifs is 1. The van der Waals surface area contributed by atoms with Gasteiger partial charge in [-0.1, -0.05) is 18.2 Å². The largest absolute Gasteiger partial charge is 0.497 e. The monoisotopic (exact) mass is 296 g/mol. The highest BCUT2D eigenvalue weighted by Crippen LogP contribution is 2.36. The van der Waals surface area contributed by atoms with Crippen LogP contribution in [0.5, 0.6) is 5.75 Å². The number of hydrogen-bond donors (Lipinski definition) is 1. The zero-order chi connectivity index (χ0) is 15.7. The topological polar surface area (TPSA) is 58.6 Å². The van der Waals surface area contributed by atoms with Crippen molar-refractivity contribution in [2.24, 2.45) is 0 Å². The van der Waals surface area contributed by atoms with Crippen molar-refractivity contribution in [1.82, 2.24) is 0 Å². The number of likely N-dealkylation sites (N-methyl/N-ethyl adjacent to an activating group) is 1. The van der Waals surface area contributed by atoms with Crippen molar-refractivity contribution in [2.45, 2.75) is 5.92 Å². The molecule has 1 heterocycles. The third kappa shape index (κ3) is 2.30. The van der Waals surface area contributed by atoms with Crippen molar-refractivity contribution >= 4 is 23.2 Å². The van der Waals surface area contributed by atoms with Crippen molar-refractivity contribution in [2.75, 3.05) is 24.4 Å². The molecule has 1 aliphatic rings. The minimum absolute atomic E-state index is 0.216. The van der Waals surface area contributed by atoms with Gasteiger partial charge in [-0.3, -0.25) is 9.59 Å². The molecule has 112 valence electrons. The van der Waals surface area contributed by atoms with E-state index in [1.54, 1.807) is 38.4 Å². The van der Waals surface area contributed by atoms with E-state index in [9.17, 15) is 9.59 Å². The van der Waals surface area contributed by atoms with Crippen LogP contribution < -0.4 is 15.0 Å². The van der Waals surface area contributed by atoms with Gasteiger partial charge < -0.3 is 15.0 Å². The molecule has 5 heteroatoms. The predicted octanol–water partition coefficient (Wildman–Crippen LogP) is 2.39. The van der Waals surface area contributed by atoms with Gasteiger partial charge in [0.1, 0.15) is 11.7 Å². The number of methoxy groups -OCH3 is 1. The van der Waals surface area contributed by atoms with Crippen molar-refractivity contribution in [3.63, 3.8) is 0 Å². The van der Waals surface area contributed by atoms with Crippen molar-refractivity contribution < 1.29 is 14.3 Å². The maximum Gasteiger partial charge on any atom is 0.243 e. The zero-order valence-electron chi connectivity index (χ0n) is 12.4. The van der Waals surface area contributed by atoms with Crippen LogP contribution in [0.15, 0.2) is 48.5 Å². The zero-order valence-corrected chi connectivity index (χ0v) is 12.4. The summed E-state index contributed by atoms with van der Waals surface area (Å²) in [4.78, 5) is 26.4. The van der Waals surface area contributed by atoms with Crippen LogP contribution in [0.25, 0.3) is 0 Å². The molecule has 1 atom stereocenters. The van der Waals surface area contributed by atoms with E-state index in [0.717, 1.165) is 11.3 Å². The van der Waals surface area contributed by atoms with Crippen molar-refractivity contribution in [1.29, 1.82) is 0 Å². The van der Waals surface area contributed by atoms with E-state index in [0.29, 0.717) is 11.4 Å². The van der Waals surface area contributed by atoms with Crippen molar-refractivity contribution in [3.8, 4) is 5.75 Å². The smallest absolute Gasteiger partial charge is 0.243 e. The lowest BCUT2D eigenvalue weighted by Gasteiger charge is -2.12. The molecule has 3 rings (SSSR count). The highest BCUT2D eigenvalue weighted by Gasteiger charge is 2.39. The molecule has 0 aliphatic carbocycles. The summed E-state index contributed by atoms with van der Waals surface area (Å²) in [5.41, 5.74) is 2.15. The average molecular weight is 296 g/mol. The summed E-state index contributed by atoms with van der Waals surface area (Å²) in [5.74, 6) is -0.637. The fourth-order valence-electron chi connectivity index (χ4n) is 2.62. The summed E-state index contributed by atoms with van der Waals surface area (Å²) < 4.78 is 5.08. The summed E-state index contributed by atoms with van der Waals surface area (Å²) >= 11 is 0. The van der Waals surface area contributed by atoms with Gasteiger partial charge in [-0.15, -0.1) is 0 Å². The molecule has 2 amide bonds. The number of hydrogen-bond acceptors (Lipinski definition) is 3. The van der Waals surface area contributed by atoms with E-state index in [-0.39, 0.29) is 11.8 Å². The first-order chi connectivity index (χ1) is 10.6. The van der Waals surface area contributed by atoms with Crippen LogP contribution in [-0.2, 0) is 9.59 Å². The number of benzene rings is 2. The van der Waals surface area contributed by atoms with Crippen molar-refractivity contribution in [3.05, 3.63) is 54.1 Å². The van der Waals surface area contributed by atoms with Gasteiger partial charge in [-0.05, 0) is 35.9 Å². The Labute approximate surface area is 128 Å². The van der Waals surface area contributed by atoms with Crippen LogP contribution in [0.4, 0.5) is 11.4 Å². The van der Waals surface area contributed by atoms with Gasteiger partial charge in [0.15, 0.2) is 0 Å². The molecule has 0 fully saturated rings.